The number of nitrogens with one attached hydrogen (secondary N) is 1. The zero-order valence-electron chi connectivity index (χ0n) is 7.01. The third-order valence-corrected chi connectivity index (χ3v) is 2.60. The van der Waals surface area contributed by atoms with Crippen LogP contribution in [0.15, 0.2) is 16.6 Å². The highest BCUT2D eigenvalue weighted by Crippen LogP contribution is 2.34. The first-order valence-electron chi connectivity index (χ1n) is 3.70. The second-order valence-corrected chi connectivity index (χ2v) is 4.00. The molecule has 0 heterocycles. The van der Waals surface area contributed by atoms with Crippen LogP contribution in [0.2, 0.25) is 5.02 Å². The summed E-state index contributed by atoms with van der Waals surface area (Å²) < 4.78 is 0.567. The molecule has 1 aromatic rings. The molecule has 0 spiro atoms. The van der Waals surface area contributed by atoms with Gasteiger partial charge < -0.3 is 5.11 Å². The van der Waals surface area contributed by atoms with Gasteiger partial charge in [-0.25, -0.2) is 0 Å². The quantitative estimate of drug-likeness (QED) is 0.568. The topological polar surface area (TPSA) is 58.3 Å². The average molecular weight is 266 g/mol. The minimum atomic E-state index is -0.144. The molecule has 0 aliphatic heterocycles. The van der Waals surface area contributed by atoms with E-state index in [1.807, 2.05) is 6.92 Å². The van der Waals surface area contributed by atoms with Crippen LogP contribution < -0.4 is 11.3 Å². The number of hydrogen-bond acceptors (Lipinski definition) is 3. The lowest BCUT2D eigenvalue weighted by atomic mass is 10.1. The molecule has 0 amide bonds. The predicted molar refractivity (Wildman–Crippen MR) is 56.6 cm³/mol. The maximum Gasteiger partial charge on any atom is 0.134 e. The minimum Gasteiger partial charge on any atom is -0.506 e. The molecule has 1 atom stereocenters. The minimum absolute atomic E-state index is 0.144. The molecular weight excluding hydrogens is 255 g/mol. The van der Waals surface area contributed by atoms with Gasteiger partial charge >= 0.3 is 0 Å². The van der Waals surface area contributed by atoms with E-state index in [0.717, 1.165) is 0 Å². The number of rotatable bonds is 2. The number of phenols is 1. The Hall–Kier alpha value is -0.290. The van der Waals surface area contributed by atoms with Gasteiger partial charge in [-0.3, -0.25) is 11.3 Å². The van der Waals surface area contributed by atoms with Gasteiger partial charge in [0.1, 0.15) is 5.75 Å². The number of hydrogen-bond donors (Lipinski definition) is 3. The van der Waals surface area contributed by atoms with Crippen LogP contribution in [0.1, 0.15) is 18.5 Å². The summed E-state index contributed by atoms with van der Waals surface area (Å²) in [7, 11) is 0. The van der Waals surface area contributed by atoms with Crippen LogP contribution in [-0.2, 0) is 0 Å². The standard InChI is InChI=1S/C8H10BrClN2O/c1-4(12-11)6-2-5(10)3-7(9)8(6)13/h2-4,12-13H,11H2,1H3. The Morgan fingerprint density at radius 1 is 1.62 bits per heavy atom. The normalized spacial score (nSPS) is 12.9. The fourth-order valence-corrected chi connectivity index (χ4v) is 1.84. The first kappa shape index (κ1) is 10.8. The van der Waals surface area contributed by atoms with Gasteiger partial charge in [-0.15, -0.1) is 0 Å². The average Bonchev–Trinajstić information content (AvgIpc) is 2.10. The third-order valence-electron chi connectivity index (χ3n) is 1.77. The van der Waals surface area contributed by atoms with E-state index < -0.39 is 0 Å². The number of hydrazine groups is 1. The van der Waals surface area contributed by atoms with Gasteiger partial charge in [-0.1, -0.05) is 11.6 Å². The predicted octanol–water partition coefficient (Wildman–Crippen LogP) is 2.33. The van der Waals surface area contributed by atoms with E-state index >= 15 is 0 Å². The largest absolute Gasteiger partial charge is 0.506 e. The van der Waals surface area contributed by atoms with Gasteiger partial charge in [-0.05, 0) is 35.0 Å². The molecule has 0 saturated heterocycles. The van der Waals surface area contributed by atoms with E-state index in [1.54, 1.807) is 12.1 Å². The zero-order valence-corrected chi connectivity index (χ0v) is 9.35. The molecule has 0 radical (unpaired) electrons. The molecular formula is C8H10BrClN2O. The highest BCUT2D eigenvalue weighted by atomic mass is 79.9. The van der Waals surface area contributed by atoms with Gasteiger partial charge in [0.05, 0.1) is 4.47 Å². The van der Waals surface area contributed by atoms with Gasteiger partial charge in [0.15, 0.2) is 0 Å². The lowest BCUT2D eigenvalue weighted by molar-refractivity contribution is 0.451. The molecule has 4 N–H and O–H groups in total. The van der Waals surface area contributed by atoms with E-state index in [9.17, 15) is 5.11 Å². The maximum absolute atomic E-state index is 9.62. The number of aromatic hydroxyl groups is 1. The second-order valence-electron chi connectivity index (χ2n) is 2.71. The lowest BCUT2D eigenvalue weighted by Crippen LogP contribution is -2.25. The van der Waals surface area contributed by atoms with E-state index in [4.69, 9.17) is 17.4 Å². The number of nitrogens with two attached hydrogens (primary N) is 1. The molecule has 72 valence electrons. The lowest BCUT2D eigenvalue weighted by Gasteiger charge is -2.13. The maximum atomic E-state index is 9.62. The van der Waals surface area contributed by atoms with Gasteiger partial charge in [0.2, 0.25) is 0 Å². The van der Waals surface area contributed by atoms with Crippen molar-refractivity contribution < 1.29 is 5.11 Å². The van der Waals surface area contributed by atoms with Crippen molar-refractivity contribution in [1.82, 2.24) is 5.43 Å². The van der Waals surface area contributed by atoms with Crippen molar-refractivity contribution in [2.45, 2.75) is 13.0 Å². The molecule has 0 fully saturated rings. The Balaban J connectivity index is 3.20. The van der Waals surface area contributed by atoms with Crippen molar-refractivity contribution >= 4 is 27.5 Å². The summed E-state index contributed by atoms with van der Waals surface area (Å²) in [5, 5.41) is 10.2. The summed E-state index contributed by atoms with van der Waals surface area (Å²) in [5.41, 5.74) is 3.21. The van der Waals surface area contributed by atoms with Crippen LogP contribution in [0, 0.1) is 0 Å². The molecule has 5 heteroatoms. The summed E-state index contributed by atoms with van der Waals surface area (Å²) in [6.45, 7) is 1.83. The Labute approximate surface area is 90.0 Å². The van der Waals surface area contributed by atoms with E-state index in [2.05, 4.69) is 21.4 Å². The van der Waals surface area contributed by atoms with Crippen LogP contribution in [0.25, 0.3) is 0 Å². The van der Waals surface area contributed by atoms with Crippen molar-refractivity contribution in [1.29, 1.82) is 0 Å². The number of halogens is 2. The van der Waals surface area contributed by atoms with Crippen molar-refractivity contribution in [3.05, 3.63) is 27.2 Å². The highest BCUT2D eigenvalue weighted by molar-refractivity contribution is 9.10. The third kappa shape index (κ3) is 2.34. The van der Waals surface area contributed by atoms with Crippen molar-refractivity contribution in [2.24, 2.45) is 5.84 Å². The van der Waals surface area contributed by atoms with Gasteiger partial charge in [0, 0.05) is 16.6 Å². The smallest absolute Gasteiger partial charge is 0.134 e. The summed E-state index contributed by atoms with van der Waals surface area (Å²) >= 11 is 9.00. The molecule has 0 aliphatic carbocycles. The first-order valence-corrected chi connectivity index (χ1v) is 4.87. The number of benzene rings is 1. The van der Waals surface area contributed by atoms with E-state index in [1.165, 1.54) is 0 Å². The summed E-state index contributed by atoms with van der Waals surface area (Å²) in [6.07, 6.45) is 0. The molecule has 0 saturated carbocycles. The van der Waals surface area contributed by atoms with Crippen LogP contribution in [-0.4, -0.2) is 5.11 Å². The van der Waals surface area contributed by atoms with Crippen LogP contribution in [0.3, 0.4) is 0 Å². The van der Waals surface area contributed by atoms with Crippen molar-refractivity contribution in [2.75, 3.05) is 0 Å². The highest BCUT2D eigenvalue weighted by Gasteiger charge is 2.12. The molecule has 0 bridgehead atoms. The Morgan fingerprint density at radius 2 is 2.23 bits per heavy atom. The fraction of sp³-hybridized carbons (Fsp3) is 0.250. The van der Waals surface area contributed by atoms with E-state index in [-0.39, 0.29) is 11.8 Å². The van der Waals surface area contributed by atoms with Crippen LogP contribution >= 0.6 is 27.5 Å². The zero-order chi connectivity index (χ0) is 10.0. The number of phenolic OH excluding ortho intramolecular Hbond substituents is 1. The SMILES string of the molecule is CC(NN)c1cc(Cl)cc(Br)c1O. The summed E-state index contributed by atoms with van der Waals surface area (Å²) in [4.78, 5) is 0. The van der Waals surface area contributed by atoms with Crippen molar-refractivity contribution in [3.8, 4) is 5.75 Å². The molecule has 1 rings (SSSR count). The van der Waals surface area contributed by atoms with Crippen LogP contribution in [0.5, 0.6) is 5.75 Å². The van der Waals surface area contributed by atoms with Gasteiger partial charge in [-0.2, -0.15) is 0 Å². The molecule has 1 unspecified atom stereocenters. The fourth-order valence-electron chi connectivity index (χ4n) is 1.01. The second kappa shape index (κ2) is 4.28. The Morgan fingerprint density at radius 3 is 2.77 bits per heavy atom. The van der Waals surface area contributed by atoms with Crippen LogP contribution in [0.4, 0.5) is 0 Å². The molecule has 0 aliphatic rings. The van der Waals surface area contributed by atoms with E-state index in [0.29, 0.717) is 15.1 Å². The molecule has 0 aromatic heterocycles. The summed E-state index contributed by atoms with van der Waals surface area (Å²) in [5.74, 6) is 5.42. The Bertz CT molecular complexity index is 319. The summed E-state index contributed by atoms with van der Waals surface area (Å²) in [6, 6.07) is 3.16. The van der Waals surface area contributed by atoms with Crippen molar-refractivity contribution in [3.63, 3.8) is 0 Å². The Kier molecular flexibility index (Phi) is 3.55. The first-order chi connectivity index (χ1) is 6.06. The molecule has 13 heavy (non-hydrogen) atoms. The molecule has 1 aromatic carbocycles. The molecule has 3 nitrogen and oxygen atoms in total. The monoisotopic (exact) mass is 264 g/mol. The van der Waals surface area contributed by atoms with Gasteiger partial charge in [0.25, 0.3) is 0 Å².